The second-order valence-electron chi connectivity index (χ2n) is 6.85. The van der Waals surface area contributed by atoms with Crippen LogP contribution in [0.25, 0.3) is 11.0 Å². The molecule has 142 valence electrons. The maximum absolute atomic E-state index is 4.50. The molecule has 0 unspecified atom stereocenters. The molecule has 1 aromatic carbocycles. The number of hydrogen-bond donors (Lipinski definition) is 2. The largest absolute Gasteiger partial charge is 0.341 e. The zero-order valence-corrected chi connectivity index (χ0v) is 16.0. The molecule has 0 aliphatic heterocycles. The van der Waals surface area contributed by atoms with Crippen LogP contribution >= 0.6 is 0 Å². The molecule has 1 aliphatic rings. The van der Waals surface area contributed by atoms with E-state index in [9.17, 15) is 0 Å². The Hall–Kier alpha value is -2.53. The highest BCUT2D eigenvalue weighted by Crippen LogP contribution is 2.17. The fourth-order valence-corrected chi connectivity index (χ4v) is 3.30. The molecule has 5 heteroatoms. The zero-order valence-electron chi connectivity index (χ0n) is 16.0. The average Bonchev–Trinajstić information content (AvgIpc) is 3.14. The van der Waals surface area contributed by atoms with Crippen molar-refractivity contribution in [3.05, 3.63) is 59.7 Å². The first kappa shape index (κ1) is 19.2. The molecule has 0 saturated carbocycles. The van der Waals surface area contributed by atoms with Crippen LogP contribution < -0.4 is 5.32 Å². The number of nitrogens with one attached hydrogen (secondary N) is 2. The summed E-state index contributed by atoms with van der Waals surface area (Å²) in [4.78, 5) is 15.9. The number of nitrogens with zero attached hydrogens (tertiary/aromatic N) is 3. The van der Waals surface area contributed by atoms with Gasteiger partial charge in [-0.1, -0.05) is 18.2 Å². The normalized spacial score (nSPS) is 12.9. The minimum absolute atomic E-state index is 0.788. The minimum Gasteiger partial charge on any atom is -0.341 e. The number of aromatic amines is 1. The highest BCUT2D eigenvalue weighted by Gasteiger charge is 2.07. The van der Waals surface area contributed by atoms with Crippen LogP contribution in [0.4, 0.5) is 0 Å². The smallest absolute Gasteiger partial charge is 0.121 e. The quantitative estimate of drug-likeness (QED) is 0.491. The third kappa shape index (κ3) is 6.00. The van der Waals surface area contributed by atoms with Gasteiger partial charge in [-0.15, -0.1) is 0 Å². The summed E-state index contributed by atoms with van der Waals surface area (Å²) in [6, 6.07) is 12.3. The van der Waals surface area contributed by atoms with Gasteiger partial charge in [-0.3, -0.25) is 4.98 Å². The summed E-state index contributed by atoms with van der Waals surface area (Å²) < 4.78 is 0. The number of benzene rings is 1. The molecule has 4 rings (SSSR count). The molecule has 27 heavy (non-hydrogen) atoms. The lowest BCUT2D eigenvalue weighted by molar-refractivity contribution is 0.616. The van der Waals surface area contributed by atoms with E-state index in [1.165, 1.54) is 36.9 Å². The van der Waals surface area contributed by atoms with Gasteiger partial charge in [0.1, 0.15) is 5.82 Å². The van der Waals surface area contributed by atoms with Crippen molar-refractivity contribution in [2.24, 2.45) is 4.99 Å². The third-order valence-electron chi connectivity index (χ3n) is 4.74. The lowest BCUT2D eigenvalue weighted by Gasteiger charge is -2.12. The van der Waals surface area contributed by atoms with Gasteiger partial charge in [0.25, 0.3) is 0 Å². The molecule has 0 amide bonds. The van der Waals surface area contributed by atoms with Gasteiger partial charge in [0.2, 0.25) is 0 Å². The fraction of sp³-hybridized carbons (Fsp3) is 0.409. The summed E-state index contributed by atoms with van der Waals surface area (Å²) in [5, 5.41) is 3.37. The Bertz CT molecular complexity index is 781. The molecule has 2 aromatic heterocycles. The molecule has 0 spiro atoms. The number of aliphatic imine (C=N–C) groups is 1. The maximum Gasteiger partial charge on any atom is 0.121 e. The Balaban J connectivity index is 0.000000177. The van der Waals surface area contributed by atoms with Crippen LogP contribution in [-0.2, 0) is 19.4 Å². The van der Waals surface area contributed by atoms with E-state index in [1.807, 2.05) is 36.5 Å². The number of H-pyrrole nitrogens is 1. The maximum atomic E-state index is 4.50. The molecular weight excluding hydrogens is 334 g/mol. The molecule has 0 radical (unpaired) electrons. The number of unbranched alkanes of at least 4 members (excludes halogenated alkanes) is 1. The second kappa shape index (κ2) is 10.6. The topological polar surface area (TPSA) is 66.0 Å². The summed E-state index contributed by atoms with van der Waals surface area (Å²) in [5.41, 5.74) is 4.92. The van der Waals surface area contributed by atoms with E-state index in [2.05, 4.69) is 38.0 Å². The van der Waals surface area contributed by atoms with Crippen molar-refractivity contribution in [2.75, 3.05) is 13.1 Å². The van der Waals surface area contributed by atoms with Gasteiger partial charge < -0.3 is 15.3 Å². The fourth-order valence-electron chi connectivity index (χ4n) is 3.30. The molecule has 3 aromatic rings. The van der Waals surface area contributed by atoms with E-state index >= 15 is 0 Å². The summed E-state index contributed by atoms with van der Waals surface area (Å²) in [6.45, 7) is 6.10. The molecule has 1 aliphatic carbocycles. The highest BCUT2D eigenvalue weighted by molar-refractivity contribution is 5.74. The number of rotatable bonds is 7. The number of pyridine rings is 1. The number of hydrogen-bond acceptors (Lipinski definition) is 4. The Morgan fingerprint density at radius 1 is 1.07 bits per heavy atom. The van der Waals surface area contributed by atoms with E-state index in [0.717, 1.165) is 49.3 Å². The first-order valence-electron chi connectivity index (χ1n) is 9.86. The van der Waals surface area contributed by atoms with Crippen LogP contribution in [0.1, 0.15) is 42.8 Å². The van der Waals surface area contributed by atoms with Gasteiger partial charge in [-0.2, -0.15) is 0 Å². The number of fused-ring (bicyclic) bond motifs is 2. The number of para-hydroxylation sites is 2. The van der Waals surface area contributed by atoms with Gasteiger partial charge in [0.05, 0.1) is 17.6 Å². The lowest BCUT2D eigenvalue weighted by atomic mass is 9.96. The monoisotopic (exact) mass is 363 g/mol. The molecular formula is C22H29N5. The number of aromatic nitrogens is 3. The third-order valence-corrected chi connectivity index (χ3v) is 4.74. The van der Waals surface area contributed by atoms with Crippen LogP contribution in [0, 0.1) is 0 Å². The molecule has 0 atom stereocenters. The van der Waals surface area contributed by atoms with Crippen LogP contribution in [0.15, 0.2) is 47.6 Å². The predicted octanol–water partition coefficient (Wildman–Crippen LogP) is 4.09. The predicted molar refractivity (Wildman–Crippen MR) is 112 cm³/mol. The van der Waals surface area contributed by atoms with E-state index < -0.39 is 0 Å². The van der Waals surface area contributed by atoms with Crippen molar-refractivity contribution in [1.82, 2.24) is 20.3 Å². The average molecular weight is 364 g/mol. The van der Waals surface area contributed by atoms with E-state index in [4.69, 9.17) is 0 Å². The van der Waals surface area contributed by atoms with Gasteiger partial charge in [-0.25, -0.2) is 4.98 Å². The van der Waals surface area contributed by atoms with Gasteiger partial charge in [-0.05, 0) is 75.5 Å². The molecule has 0 saturated heterocycles. The first-order chi connectivity index (χ1) is 13.4. The molecule has 5 nitrogen and oxygen atoms in total. The SMILES string of the molecule is C=NCCCCNCc1nc2ccccc2[nH]1.c1cnc2c(c1)CCCC2. The van der Waals surface area contributed by atoms with Crippen LogP contribution in [0.2, 0.25) is 0 Å². The Morgan fingerprint density at radius 3 is 2.81 bits per heavy atom. The first-order valence-corrected chi connectivity index (χ1v) is 9.86. The Kier molecular flexibility index (Phi) is 7.54. The summed E-state index contributed by atoms with van der Waals surface area (Å²) in [6.07, 6.45) is 9.21. The molecule has 2 heterocycles. The van der Waals surface area contributed by atoms with Gasteiger partial charge in [0.15, 0.2) is 0 Å². The molecule has 0 fully saturated rings. The lowest BCUT2D eigenvalue weighted by Crippen LogP contribution is -2.15. The summed E-state index contributed by atoms with van der Waals surface area (Å²) in [5.74, 6) is 0.994. The number of aryl methyl sites for hydroxylation is 2. The van der Waals surface area contributed by atoms with E-state index in [-0.39, 0.29) is 0 Å². The van der Waals surface area contributed by atoms with Crippen molar-refractivity contribution in [3.63, 3.8) is 0 Å². The van der Waals surface area contributed by atoms with Gasteiger partial charge >= 0.3 is 0 Å². The van der Waals surface area contributed by atoms with Crippen molar-refractivity contribution >= 4 is 17.8 Å². The molecule has 0 bridgehead atoms. The van der Waals surface area contributed by atoms with Crippen molar-refractivity contribution < 1.29 is 0 Å². The van der Waals surface area contributed by atoms with Crippen LogP contribution in [0.5, 0.6) is 0 Å². The van der Waals surface area contributed by atoms with E-state index in [1.54, 1.807) is 0 Å². The second-order valence-corrected chi connectivity index (χ2v) is 6.85. The van der Waals surface area contributed by atoms with Crippen LogP contribution in [0.3, 0.4) is 0 Å². The summed E-state index contributed by atoms with van der Waals surface area (Å²) >= 11 is 0. The van der Waals surface area contributed by atoms with Crippen molar-refractivity contribution in [3.8, 4) is 0 Å². The van der Waals surface area contributed by atoms with Gasteiger partial charge in [0, 0.05) is 18.4 Å². The van der Waals surface area contributed by atoms with E-state index in [0.29, 0.717) is 0 Å². The van der Waals surface area contributed by atoms with Crippen molar-refractivity contribution in [1.29, 1.82) is 0 Å². The van der Waals surface area contributed by atoms with Crippen molar-refractivity contribution in [2.45, 2.75) is 45.1 Å². The molecule has 2 N–H and O–H groups in total. The standard InChI is InChI=1S/C13H18N4.C9H11N/c1-14-8-4-5-9-15-10-13-16-11-6-2-3-7-12(11)17-13;1-2-6-9-8(4-1)5-3-7-10-9/h2-3,6-7,15H,1,4-5,8-10H2,(H,16,17);3,5,7H,1-2,4,6H2. The number of imidazole rings is 1. The summed E-state index contributed by atoms with van der Waals surface area (Å²) in [7, 11) is 0. The minimum atomic E-state index is 0.788. The Labute approximate surface area is 161 Å². The Morgan fingerprint density at radius 2 is 1.96 bits per heavy atom. The highest BCUT2D eigenvalue weighted by atomic mass is 15.0. The zero-order chi connectivity index (χ0) is 18.7. The van der Waals surface area contributed by atoms with Crippen LogP contribution in [-0.4, -0.2) is 34.8 Å².